The second-order valence-electron chi connectivity index (χ2n) is 7.38. The Labute approximate surface area is 192 Å². The van der Waals surface area contributed by atoms with Gasteiger partial charge in [-0.3, -0.25) is 9.59 Å². The zero-order chi connectivity index (χ0) is 23.6. The van der Waals surface area contributed by atoms with Gasteiger partial charge in [-0.1, -0.05) is 54.6 Å². The molecule has 0 aliphatic carbocycles. The lowest BCUT2D eigenvalue weighted by Gasteiger charge is -2.18. The van der Waals surface area contributed by atoms with Gasteiger partial charge in [0.25, 0.3) is 5.91 Å². The number of hydrazone groups is 1. The summed E-state index contributed by atoms with van der Waals surface area (Å²) in [6.45, 7) is 2.28. The highest BCUT2D eigenvalue weighted by Crippen LogP contribution is 2.23. The van der Waals surface area contributed by atoms with E-state index in [0.29, 0.717) is 24.1 Å². The standard InChI is InChI=1S/C26H25N5O2/c1-2-29-26(33)24(15-18-6-5-7-19(14-18)17-30-28)31-25(32)21-12-10-20(11-13-21)23-9-4-3-8-22(23)16-27/h3-14,17,24H,2,15,28H2,1H3,(H,29,33)(H,31,32)/t24-/m0/s1. The fourth-order valence-electron chi connectivity index (χ4n) is 3.50. The second-order valence-corrected chi connectivity index (χ2v) is 7.38. The molecule has 3 aromatic rings. The number of nitrogens with two attached hydrogens (primary N) is 1. The molecule has 4 N–H and O–H groups in total. The van der Waals surface area contributed by atoms with Crippen molar-refractivity contribution in [3.63, 3.8) is 0 Å². The van der Waals surface area contributed by atoms with Crippen LogP contribution in [0.5, 0.6) is 0 Å². The van der Waals surface area contributed by atoms with Crippen LogP contribution in [0.1, 0.15) is 34.0 Å². The summed E-state index contributed by atoms with van der Waals surface area (Å²) in [5.41, 5.74) is 4.30. The molecule has 0 spiro atoms. The molecule has 1 atom stereocenters. The molecule has 0 saturated heterocycles. The van der Waals surface area contributed by atoms with E-state index in [0.717, 1.165) is 22.3 Å². The molecule has 0 saturated carbocycles. The van der Waals surface area contributed by atoms with Crippen molar-refractivity contribution in [1.82, 2.24) is 10.6 Å². The summed E-state index contributed by atoms with van der Waals surface area (Å²) in [4.78, 5) is 25.5. The molecule has 0 aliphatic rings. The highest BCUT2D eigenvalue weighted by molar-refractivity contribution is 5.98. The predicted molar refractivity (Wildman–Crippen MR) is 128 cm³/mol. The molecule has 0 aromatic heterocycles. The summed E-state index contributed by atoms with van der Waals surface area (Å²) in [5.74, 6) is 4.61. The van der Waals surface area contributed by atoms with Crippen LogP contribution in [0.25, 0.3) is 11.1 Å². The van der Waals surface area contributed by atoms with Crippen LogP contribution in [0.15, 0.2) is 77.9 Å². The Balaban J connectivity index is 1.78. The summed E-state index contributed by atoms with van der Waals surface area (Å²) in [5, 5.41) is 18.5. The fourth-order valence-corrected chi connectivity index (χ4v) is 3.50. The van der Waals surface area contributed by atoms with Gasteiger partial charge >= 0.3 is 0 Å². The molecule has 0 aliphatic heterocycles. The minimum atomic E-state index is -0.749. The van der Waals surface area contributed by atoms with E-state index in [1.165, 1.54) is 6.21 Å². The van der Waals surface area contributed by atoms with E-state index in [2.05, 4.69) is 21.8 Å². The maximum Gasteiger partial charge on any atom is 0.251 e. The average molecular weight is 440 g/mol. The molecule has 7 heteroatoms. The Morgan fingerprint density at radius 1 is 1.09 bits per heavy atom. The van der Waals surface area contributed by atoms with Crippen molar-refractivity contribution in [3.05, 3.63) is 95.1 Å². The minimum absolute atomic E-state index is 0.261. The first-order valence-electron chi connectivity index (χ1n) is 10.6. The van der Waals surface area contributed by atoms with Crippen molar-refractivity contribution in [2.24, 2.45) is 10.9 Å². The third-order valence-corrected chi connectivity index (χ3v) is 5.09. The van der Waals surface area contributed by atoms with E-state index in [-0.39, 0.29) is 11.8 Å². The van der Waals surface area contributed by atoms with E-state index >= 15 is 0 Å². The molecule has 0 fully saturated rings. The van der Waals surface area contributed by atoms with Gasteiger partial charge in [-0.25, -0.2) is 0 Å². The third kappa shape index (κ3) is 6.05. The van der Waals surface area contributed by atoms with Crippen LogP contribution in [0.2, 0.25) is 0 Å². The van der Waals surface area contributed by atoms with Crippen molar-refractivity contribution >= 4 is 18.0 Å². The van der Waals surface area contributed by atoms with Crippen LogP contribution in [0, 0.1) is 11.3 Å². The molecule has 33 heavy (non-hydrogen) atoms. The highest BCUT2D eigenvalue weighted by Gasteiger charge is 2.21. The fraction of sp³-hybridized carbons (Fsp3) is 0.154. The topological polar surface area (TPSA) is 120 Å². The Bertz CT molecular complexity index is 1200. The van der Waals surface area contributed by atoms with Crippen LogP contribution in [0.4, 0.5) is 0 Å². The molecule has 3 rings (SSSR count). The number of amides is 2. The van der Waals surface area contributed by atoms with Gasteiger partial charge in [0.15, 0.2) is 0 Å². The molecule has 3 aromatic carbocycles. The Hall–Kier alpha value is -4.44. The average Bonchev–Trinajstić information content (AvgIpc) is 2.84. The number of likely N-dealkylation sites (N-methyl/N-ethyl adjacent to an activating group) is 1. The first-order chi connectivity index (χ1) is 16.0. The Morgan fingerprint density at radius 3 is 2.55 bits per heavy atom. The van der Waals surface area contributed by atoms with E-state index in [1.54, 1.807) is 30.3 Å². The van der Waals surface area contributed by atoms with Gasteiger partial charge in [-0.15, -0.1) is 0 Å². The Morgan fingerprint density at radius 2 is 1.85 bits per heavy atom. The van der Waals surface area contributed by atoms with E-state index in [1.807, 2.05) is 49.4 Å². The van der Waals surface area contributed by atoms with Crippen molar-refractivity contribution in [1.29, 1.82) is 5.26 Å². The largest absolute Gasteiger partial charge is 0.355 e. The molecule has 7 nitrogen and oxygen atoms in total. The first-order valence-corrected chi connectivity index (χ1v) is 10.6. The van der Waals surface area contributed by atoms with Crippen LogP contribution in [-0.4, -0.2) is 30.6 Å². The lowest BCUT2D eigenvalue weighted by atomic mass is 9.99. The lowest BCUT2D eigenvalue weighted by Crippen LogP contribution is -2.48. The first kappa shape index (κ1) is 23.2. The number of hydrogen-bond donors (Lipinski definition) is 3. The normalized spacial score (nSPS) is 11.5. The van der Waals surface area contributed by atoms with Crippen molar-refractivity contribution in [2.45, 2.75) is 19.4 Å². The summed E-state index contributed by atoms with van der Waals surface area (Å²) in [7, 11) is 0. The van der Waals surface area contributed by atoms with Gasteiger partial charge < -0.3 is 16.5 Å². The molecule has 0 radical (unpaired) electrons. The smallest absolute Gasteiger partial charge is 0.251 e. The monoisotopic (exact) mass is 439 g/mol. The van der Waals surface area contributed by atoms with Gasteiger partial charge in [-0.2, -0.15) is 10.4 Å². The SMILES string of the molecule is CCNC(=O)[C@H](Cc1cccc(C=NN)c1)NC(=O)c1ccc(-c2ccccc2C#N)cc1. The Kier molecular flexibility index (Phi) is 7.92. The highest BCUT2D eigenvalue weighted by atomic mass is 16.2. The number of benzene rings is 3. The quantitative estimate of drug-likeness (QED) is 0.284. The molecule has 166 valence electrons. The molecule has 0 unspecified atom stereocenters. The number of hydrogen-bond acceptors (Lipinski definition) is 5. The maximum absolute atomic E-state index is 12.9. The van der Waals surface area contributed by atoms with E-state index < -0.39 is 6.04 Å². The summed E-state index contributed by atoms with van der Waals surface area (Å²) < 4.78 is 0. The number of rotatable bonds is 8. The minimum Gasteiger partial charge on any atom is -0.355 e. The summed E-state index contributed by atoms with van der Waals surface area (Å²) >= 11 is 0. The second kappa shape index (κ2) is 11.3. The summed E-state index contributed by atoms with van der Waals surface area (Å²) in [6.07, 6.45) is 1.84. The number of carbonyl (C=O) groups is 2. The third-order valence-electron chi connectivity index (χ3n) is 5.09. The number of carbonyl (C=O) groups excluding carboxylic acids is 2. The van der Waals surface area contributed by atoms with Gasteiger partial charge in [-0.05, 0) is 47.4 Å². The molecular weight excluding hydrogens is 414 g/mol. The lowest BCUT2D eigenvalue weighted by molar-refractivity contribution is -0.122. The zero-order valence-electron chi connectivity index (χ0n) is 18.3. The maximum atomic E-state index is 12.9. The van der Waals surface area contributed by atoms with Gasteiger partial charge in [0.05, 0.1) is 17.8 Å². The van der Waals surface area contributed by atoms with Gasteiger partial charge in [0.2, 0.25) is 5.91 Å². The van der Waals surface area contributed by atoms with Crippen molar-refractivity contribution in [3.8, 4) is 17.2 Å². The van der Waals surface area contributed by atoms with Crippen molar-refractivity contribution < 1.29 is 9.59 Å². The van der Waals surface area contributed by atoms with E-state index in [4.69, 9.17) is 5.84 Å². The molecular formula is C26H25N5O2. The number of nitriles is 1. The van der Waals surface area contributed by atoms with Crippen molar-refractivity contribution in [2.75, 3.05) is 6.54 Å². The molecule has 0 bridgehead atoms. The zero-order valence-corrected chi connectivity index (χ0v) is 18.3. The molecule has 0 heterocycles. The van der Waals surface area contributed by atoms with Gasteiger partial charge in [0.1, 0.15) is 6.04 Å². The van der Waals surface area contributed by atoms with Gasteiger partial charge in [0, 0.05) is 18.5 Å². The molecule has 2 amide bonds. The van der Waals surface area contributed by atoms with E-state index in [9.17, 15) is 14.9 Å². The predicted octanol–water partition coefficient (Wildman–Crippen LogP) is 3.00. The summed E-state index contributed by atoms with van der Waals surface area (Å²) in [6, 6.07) is 23.1. The van der Waals surface area contributed by atoms with Crippen LogP contribution < -0.4 is 16.5 Å². The van der Waals surface area contributed by atoms with Crippen LogP contribution in [0.3, 0.4) is 0 Å². The van der Waals surface area contributed by atoms with Crippen LogP contribution in [-0.2, 0) is 11.2 Å². The number of nitrogens with zero attached hydrogens (tertiary/aromatic N) is 2. The number of nitrogens with one attached hydrogen (secondary N) is 2. The van der Waals surface area contributed by atoms with Crippen LogP contribution >= 0.6 is 0 Å².